The molecule has 0 aromatic carbocycles. The fraction of sp³-hybridized carbons (Fsp3) is 0.625. The van der Waals surface area contributed by atoms with Crippen LogP contribution in [0, 0.1) is 0 Å². The van der Waals surface area contributed by atoms with E-state index in [4.69, 9.17) is 0 Å². The third-order valence-electron chi connectivity index (χ3n) is 4.81. The van der Waals surface area contributed by atoms with E-state index in [-0.39, 0.29) is 17.9 Å². The highest BCUT2D eigenvalue weighted by molar-refractivity contribution is 7.09. The summed E-state index contributed by atoms with van der Waals surface area (Å²) in [5, 5.41) is 5.00. The minimum absolute atomic E-state index is 0.0672. The van der Waals surface area contributed by atoms with Gasteiger partial charge in [-0.25, -0.2) is 0 Å². The number of piperazine rings is 1. The van der Waals surface area contributed by atoms with E-state index < -0.39 is 5.54 Å². The van der Waals surface area contributed by atoms with Gasteiger partial charge in [-0.2, -0.15) is 0 Å². The molecule has 1 aliphatic heterocycles. The van der Waals surface area contributed by atoms with Crippen LogP contribution in [-0.2, 0) is 16.0 Å². The number of nitrogens with zero attached hydrogens (tertiary/aromatic N) is 1. The Kier molecular flexibility index (Phi) is 4.02. The Balaban J connectivity index is 1.83. The Labute approximate surface area is 129 Å². The zero-order valence-corrected chi connectivity index (χ0v) is 13.2. The van der Waals surface area contributed by atoms with Gasteiger partial charge in [0.2, 0.25) is 11.8 Å². The SMILES string of the molecule is CCC1NC(=O)C2(CCCC2)N(CCc2cccs2)C1=O. The predicted octanol–water partition coefficient (Wildman–Crippen LogP) is 2.34. The molecule has 0 bridgehead atoms. The van der Waals surface area contributed by atoms with Gasteiger partial charge >= 0.3 is 0 Å². The second kappa shape index (κ2) is 5.79. The molecule has 1 aromatic rings. The van der Waals surface area contributed by atoms with E-state index in [1.165, 1.54) is 4.88 Å². The van der Waals surface area contributed by atoms with Crippen LogP contribution in [0.4, 0.5) is 0 Å². The average molecular weight is 306 g/mol. The predicted molar refractivity (Wildman–Crippen MR) is 83.2 cm³/mol. The van der Waals surface area contributed by atoms with Gasteiger partial charge in [0, 0.05) is 11.4 Å². The van der Waals surface area contributed by atoms with Crippen molar-refractivity contribution in [1.29, 1.82) is 0 Å². The molecule has 2 fully saturated rings. The molecular formula is C16H22N2O2S. The van der Waals surface area contributed by atoms with Gasteiger partial charge in [0.1, 0.15) is 11.6 Å². The Morgan fingerprint density at radius 1 is 1.38 bits per heavy atom. The largest absolute Gasteiger partial charge is 0.342 e. The summed E-state index contributed by atoms with van der Waals surface area (Å²) in [6, 6.07) is 3.79. The molecule has 3 rings (SSSR count). The van der Waals surface area contributed by atoms with Crippen LogP contribution in [-0.4, -0.2) is 34.8 Å². The molecule has 5 heteroatoms. The number of hydrogen-bond acceptors (Lipinski definition) is 3. The van der Waals surface area contributed by atoms with E-state index in [9.17, 15) is 9.59 Å². The van der Waals surface area contributed by atoms with Crippen molar-refractivity contribution in [2.45, 2.75) is 57.0 Å². The van der Waals surface area contributed by atoms with Gasteiger partial charge < -0.3 is 10.2 Å². The maximum absolute atomic E-state index is 12.7. The number of nitrogens with one attached hydrogen (secondary N) is 1. The molecule has 1 aliphatic carbocycles. The first-order chi connectivity index (χ1) is 10.2. The van der Waals surface area contributed by atoms with Gasteiger partial charge in [-0.3, -0.25) is 9.59 Å². The van der Waals surface area contributed by atoms with E-state index >= 15 is 0 Å². The quantitative estimate of drug-likeness (QED) is 0.928. The Morgan fingerprint density at radius 3 is 2.76 bits per heavy atom. The number of carbonyl (C=O) groups is 2. The molecule has 1 unspecified atom stereocenters. The topological polar surface area (TPSA) is 49.4 Å². The highest BCUT2D eigenvalue weighted by Gasteiger charge is 2.52. The van der Waals surface area contributed by atoms with Gasteiger partial charge in [0.05, 0.1) is 0 Å². The fourth-order valence-corrected chi connectivity index (χ4v) is 4.31. The van der Waals surface area contributed by atoms with Crippen LogP contribution in [0.1, 0.15) is 43.9 Å². The molecular weight excluding hydrogens is 284 g/mol. The van der Waals surface area contributed by atoms with E-state index in [1.807, 2.05) is 17.9 Å². The first-order valence-corrected chi connectivity index (χ1v) is 8.70. The minimum atomic E-state index is -0.569. The summed E-state index contributed by atoms with van der Waals surface area (Å²) < 4.78 is 0. The van der Waals surface area contributed by atoms with Gasteiger partial charge in [-0.1, -0.05) is 25.8 Å². The van der Waals surface area contributed by atoms with Crippen LogP contribution in [0.2, 0.25) is 0 Å². The third-order valence-corrected chi connectivity index (χ3v) is 5.75. The lowest BCUT2D eigenvalue weighted by molar-refractivity contribution is -0.157. The standard InChI is InChI=1S/C16H22N2O2S/c1-2-13-14(19)18(10-7-12-6-5-11-21-12)16(15(20)17-13)8-3-4-9-16/h5-6,11,13H,2-4,7-10H2,1H3,(H,17,20). The summed E-state index contributed by atoms with van der Waals surface area (Å²) in [7, 11) is 0. The van der Waals surface area contributed by atoms with Crippen molar-refractivity contribution in [3.63, 3.8) is 0 Å². The Bertz CT molecular complexity index is 520. The lowest BCUT2D eigenvalue weighted by Gasteiger charge is -2.46. The van der Waals surface area contributed by atoms with E-state index in [0.717, 1.165) is 32.1 Å². The zero-order chi connectivity index (χ0) is 14.9. The lowest BCUT2D eigenvalue weighted by Crippen LogP contribution is -2.69. The first-order valence-electron chi connectivity index (χ1n) is 7.82. The van der Waals surface area contributed by atoms with E-state index in [2.05, 4.69) is 16.8 Å². The number of amides is 2. The van der Waals surface area contributed by atoms with E-state index in [1.54, 1.807) is 11.3 Å². The van der Waals surface area contributed by atoms with Crippen molar-refractivity contribution < 1.29 is 9.59 Å². The molecule has 2 heterocycles. The van der Waals surface area contributed by atoms with Crippen molar-refractivity contribution >= 4 is 23.2 Å². The molecule has 0 radical (unpaired) electrons. The summed E-state index contributed by atoms with van der Waals surface area (Å²) >= 11 is 1.71. The molecule has 1 aromatic heterocycles. The molecule has 114 valence electrons. The zero-order valence-electron chi connectivity index (χ0n) is 12.4. The molecule has 21 heavy (non-hydrogen) atoms. The van der Waals surface area contributed by atoms with Crippen LogP contribution >= 0.6 is 11.3 Å². The Morgan fingerprint density at radius 2 is 2.14 bits per heavy atom. The monoisotopic (exact) mass is 306 g/mol. The molecule has 1 saturated carbocycles. The lowest BCUT2D eigenvalue weighted by atomic mass is 9.88. The van der Waals surface area contributed by atoms with Crippen LogP contribution in [0.3, 0.4) is 0 Å². The molecule has 1 spiro atoms. The van der Waals surface area contributed by atoms with Crippen molar-refractivity contribution in [2.75, 3.05) is 6.54 Å². The average Bonchev–Trinajstić information content (AvgIpc) is 3.15. The van der Waals surface area contributed by atoms with Crippen molar-refractivity contribution in [3.05, 3.63) is 22.4 Å². The molecule has 2 amide bonds. The fourth-order valence-electron chi connectivity index (χ4n) is 3.61. The van der Waals surface area contributed by atoms with Crippen molar-refractivity contribution in [2.24, 2.45) is 0 Å². The van der Waals surface area contributed by atoms with Crippen molar-refractivity contribution in [1.82, 2.24) is 10.2 Å². The highest BCUT2D eigenvalue weighted by Crippen LogP contribution is 2.38. The van der Waals surface area contributed by atoms with Crippen LogP contribution in [0.25, 0.3) is 0 Å². The molecule has 4 nitrogen and oxygen atoms in total. The van der Waals surface area contributed by atoms with Gasteiger partial charge in [0.25, 0.3) is 0 Å². The van der Waals surface area contributed by atoms with Crippen molar-refractivity contribution in [3.8, 4) is 0 Å². The van der Waals surface area contributed by atoms with E-state index in [0.29, 0.717) is 13.0 Å². The second-order valence-electron chi connectivity index (χ2n) is 5.99. The maximum atomic E-state index is 12.7. The smallest absolute Gasteiger partial charge is 0.246 e. The number of thiophene rings is 1. The number of carbonyl (C=O) groups excluding carboxylic acids is 2. The molecule has 1 atom stereocenters. The number of rotatable bonds is 4. The molecule has 1 N–H and O–H groups in total. The first kappa shape index (κ1) is 14.6. The highest BCUT2D eigenvalue weighted by atomic mass is 32.1. The summed E-state index contributed by atoms with van der Waals surface area (Å²) in [6.07, 6.45) is 5.20. The summed E-state index contributed by atoms with van der Waals surface area (Å²) in [5.41, 5.74) is -0.569. The van der Waals surface area contributed by atoms with Gasteiger partial charge in [-0.05, 0) is 37.1 Å². The summed E-state index contributed by atoms with van der Waals surface area (Å²) in [6.45, 7) is 2.61. The van der Waals surface area contributed by atoms with Crippen LogP contribution < -0.4 is 5.32 Å². The Hall–Kier alpha value is -1.36. The summed E-state index contributed by atoms with van der Waals surface area (Å²) in [4.78, 5) is 28.5. The van der Waals surface area contributed by atoms with Crippen LogP contribution in [0.15, 0.2) is 17.5 Å². The maximum Gasteiger partial charge on any atom is 0.246 e. The third kappa shape index (κ3) is 2.48. The number of hydrogen-bond donors (Lipinski definition) is 1. The molecule has 1 saturated heterocycles. The summed E-state index contributed by atoms with van der Waals surface area (Å²) in [5.74, 6) is 0.174. The molecule has 2 aliphatic rings. The normalized spacial score (nSPS) is 24.6. The van der Waals surface area contributed by atoms with Gasteiger partial charge in [0.15, 0.2) is 0 Å². The second-order valence-corrected chi connectivity index (χ2v) is 7.02. The van der Waals surface area contributed by atoms with Gasteiger partial charge in [-0.15, -0.1) is 11.3 Å². The van der Waals surface area contributed by atoms with Crippen LogP contribution in [0.5, 0.6) is 0 Å². The minimum Gasteiger partial charge on any atom is -0.342 e.